The first-order chi connectivity index (χ1) is 11.6. The van der Waals surface area contributed by atoms with E-state index >= 15 is 0 Å². The first-order valence-electron chi connectivity index (χ1n) is 8.27. The van der Waals surface area contributed by atoms with Crippen molar-refractivity contribution in [1.29, 1.82) is 0 Å². The van der Waals surface area contributed by atoms with Crippen LogP contribution in [-0.2, 0) is 4.74 Å². The van der Waals surface area contributed by atoms with E-state index in [4.69, 9.17) is 4.74 Å². The number of hydrogen-bond donors (Lipinski definition) is 2. The average Bonchev–Trinajstić information content (AvgIpc) is 3.00. The van der Waals surface area contributed by atoms with E-state index in [1.807, 2.05) is 0 Å². The number of nitrogens with zero attached hydrogens (tertiary/aromatic N) is 1. The number of carbonyl (C=O) groups is 1. The van der Waals surface area contributed by atoms with Gasteiger partial charge in [0.2, 0.25) is 0 Å². The molecule has 2 aliphatic heterocycles. The van der Waals surface area contributed by atoms with Crippen molar-refractivity contribution in [2.45, 2.75) is 24.9 Å². The Morgan fingerprint density at radius 1 is 1.29 bits per heavy atom. The van der Waals surface area contributed by atoms with Crippen molar-refractivity contribution in [1.82, 2.24) is 10.2 Å². The van der Waals surface area contributed by atoms with Gasteiger partial charge in [0.1, 0.15) is 11.6 Å². The normalized spacial score (nSPS) is 25.8. The summed E-state index contributed by atoms with van der Waals surface area (Å²) in [6.07, 6.45) is 1.86. The van der Waals surface area contributed by atoms with E-state index in [9.17, 15) is 18.7 Å². The molecular weight excluding hydrogens is 318 g/mol. The molecule has 2 saturated heterocycles. The van der Waals surface area contributed by atoms with Crippen LogP contribution in [0.3, 0.4) is 0 Å². The highest BCUT2D eigenvalue weighted by molar-refractivity contribution is 5.94. The highest BCUT2D eigenvalue weighted by Crippen LogP contribution is 2.24. The second-order valence-corrected chi connectivity index (χ2v) is 6.44. The van der Waals surface area contributed by atoms with Gasteiger partial charge in [-0.1, -0.05) is 0 Å². The number of hydrogen-bond acceptors (Lipinski definition) is 4. The average molecular weight is 340 g/mol. The van der Waals surface area contributed by atoms with Crippen LogP contribution in [0.15, 0.2) is 18.2 Å². The molecule has 2 fully saturated rings. The van der Waals surface area contributed by atoms with Crippen LogP contribution in [0.25, 0.3) is 0 Å². The molecule has 0 saturated carbocycles. The Hall–Kier alpha value is -1.57. The number of nitrogens with one attached hydrogen (secondary N) is 1. The van der Waals surface area contributed by atoms with E-state index in [1.165, 1.54) is 0 Å². The zero-order valence-electron chi connectivity index (χ0n) is 13.4. The molecule has 24 heavy (non-hydrogen) atoms. The minimum absolute atomic E-state index is 0.0592. The third-order valence-electron chi connectivity index (χ3n) is 4.90. The summed E-state index contributed by atoms with van der Waals surface area (Å²) in [5, 5.41) is 12.4. The van der Waals surface area contributed by atoms with Crippen molar-refractivity contribution in [3.63, 3.8) is 0 Å². The molecule has 7 heteroatoms. The van der Waals surface area contributed by atoms with Crippen molar-refractivity contribution in [3.05, 3.63) is 35.4 Å². The zero-order valence-corrected chi connectivity index (χ0v) is 13.4. The largest absolute Gasteiger partial charge is 0.396 e. The minimum atomic E-state index is -0.756. The lowest BCUT2D eigenvalue weighted by molar-refractivity contribution is 0.0398. The van der Waals surface area contributed by atoms with Gasteiger partial charge in [0, 0.05) is 50.9 Å². The molecule has 5 nitrogen and oxygen atoms in total. The van der Waals surface area contributed by atoms with Gasteiger partial charge in [-0.2, -0.15) is 0 Å². The van der Waals surface area contributed by atoms with Gasteiger partial charge < -0.3 is 15.2 Å². The van der Waals surface area contributed by atoms with Gasteiger partial charge in [-0.15, -0.1) is 0 Å². The third-order valence-corrected chi connectivity index (χ3v) is 4.90. The van der Waals surface area contributed by atoms with E-state index in [0.717, 1.165) is 44.3 Å². The maximum Gasteiger partial charge on any atom is 0.254 e. The summed E-state index contributed by atoms with van der Waals surface area (Å²) in [6, 6.07) is 2.90. The predicted octanol–water partition coefficient (Wildman–Crippen LogP) is 1.17. The molecular formula is C17H22F2N2O3. The Bertz CT molecular complexity index is 593. The number of halogens is 2. The number of aliphatic hydroxyl groups is 1. The summed E-state index contributed by atoms with van der Waals surface area (Å²) in [6.45, 7) is 2.65. The molecule has 1 aromatic carbocycles. The van der Waals surface area contributed by atoms with Crippen molar-refractivity contribution in [2.24, 2.45) is 5.92 Å². The Morgan fingerprint density at radius 3 is 2.75 bits per heavy atom. The maximum absolute atomic E-state index is 13.7. The van der Waals surface area contributed by atoms with Crippen LogP contribution in [0.1, 0.15) is 23.2 Å². The van der Waals surface area contributed by atoms with E-state index < -0.39 is 17.5 Å². The van der Waals surface area contributed by atoms with Crippen LogP contribution in [-0.4, -0.2) is 60.9 Å². The molecule has 0 unspecified atom stereocenters. The Kier molecular flexibility index (Phi) is 5.43. The van der Waals surface area contributed by atoms with Gasteiger partial charge in [0.15, 0.2) is 0 Å². The van der Waals surface area contributed by atoms with Crippen molar-refractivity contribution >= 4 is 5.91 Å². The van der Waals surface area contributed by atoms with Crippen molar-refractivity contribution < 1.29 is 23.4 Å². The van der Waals surface area contributed by atoms with Crippen LogP contribution in [0.4, 0.5) is 8.78 Å². The Morgan fingerprint density at radius 2 is 2.04 bits per heavy atom. The molecule has 1 aromatic rings. The summed E-state index contributed by atoms with van der Waals surface area (Å²) in [7, 11) is 0. The Labute approximate surface area is 139 Å². The fraction of sp³-hybridized carbons (Fsp3) is 0.588. The summed E-state index contributed by atoms with van der Waals surface area (Å²) in [5.74, 6) is -2.18. The highest BCUT2D eigenvalue weighted by atomic mass is 19.1. The topological polar surface area (TPSA) is 61.8 Å². The molecule has 0 spiro atoms. The fourth-order valence-electron chi connectivity index (χ4n) is 3.52. The molecule has 3 rings (SSSR count). The lowest BCUT2D eigenvalue weighted by atomic mass is 10.0. The van der Waals surface area contributed by atoms with Crippen molar-refractivity contribution in [3.8, 4) is 0 Å². The molecule has 2 atom stereocenters. The van der Waals surface area contributed by atoms with Gasteiger partial charge in [0.25, 0.3) is 5.91 Å². The molecule has 0 aliphatic carbocycles. The van der Waals surface area contributed by atoms with Crippen LogP contribution >= 0.6 is 0 Å². The fourth-order valence-corrected chi connectivity index (χ4v) is 3.52. The number of rotatable bonds is 4. The minimum Gasteiger partial charge on any atom is -0.396 e. The molecule has 2 heterocycles. The van der Waals surface area contributed by atoms with Gasteiger partial charge in [0.05, 0.1) is 5.56 Å². The van der Waals surface area contributed by atoms with Crippen LogP contribution in [0, 0.1) is 17.6 Å². The summed E-state index contributed by atoms with van der Waals surface area (Å²) in [5.41, 5.74) is -0.309. The van der Waals surface area contributed by atoms with E-state index in [2.05, 4.69) is 10.2 Å². The van der Waals surface area contributed by atoms with Gasteiger partial charge in [-0.25, -0.2) is 8.78 Å². The quantitative estimate of drug-likeness (QED) is 0.864. The monoisotopic (exact) mass is 340 g/mol. The maximum atomic E-state index is 13.7. The lowest BCUT2D eigenvalue weighted by Gasteiger charge is -2.31. The van der Waals surface area contributed by atoms with Crippen LogP contribution < -0.4 is 5.32 Å². The summed E-state index contributed by atoms with van der Waals surface area (Å²) >= 11 is 0. The van der Waals surface area contributed by atoms with Crippen molar-refractivity contribution in [2.75, 3.05) is 32.9 Å². The number of benzene rings is 1. The third kappa shape index (κ3) is 3.74. The van der Waals surface area contributed by atoms with Crippen LogP contribution in [0.2, 0.25) is 0 Å². The second kappa shape index (κ2) is 7.55. The Balaban J connectivity index is 1.66. The van der Waals surface area contributed by atoms with Crippen LogP contribution in [0.5, 0.6) is 0 Å². The number of ether oxygens (including phenoxy) is 1. The molecule has 2 N–H and O–H groups in total. The molecule has 0 aromatic heterocycles. The first kappa shape index (κ1) is 17.3. The summed E-state index contributed by atoms with van der Waals surface area (Å²) in [4.78, 5) is 14.5. The van der Waals surface area contributed by atoms with Gasteiger partial charge >= 0.3 is 0 Å². The molecule has 132 valence electrons. The molecule has 0 radical (unpaired) electrons. The predicted molar refractivity (Wildman–Crippen MR) is 83.6 cm³/mol. The number of amides is 1. The number of aliphatic hydroxyl groups excluding tert-OH is 1. The number of carbonyl (C=O) groups excluding carboxylic acids is 1. The lowest BCUT2D eigenvalue weighted by Crippen LogP contribution is -2.43. The first-order valence-corrected chi connectivity index (χ1v) is 8.27. The zero-order chi connectivity index (χ0) is 17.1. The number of likely N-dealkylation sites (tertiary alicyclic amines) is 1. The molecule has 0 bridgehead atoms. The van der Waals surface area contributed by atoms with Gasteiger partial charge in [-0.3, -0.25) is 9.69 Å². The van der Waals surface area contributed by atoms with Gasteiger partial charge in [-0.05, 0) is 31.0 Å². The van der Waals surface area contributed by atoms with E-state index in [1.54, 1.807) is 0 Å². The molecule has 2 aliphatic rings. The van der Waals surface area contributed by atoms with E-state index in [-0.39, 0.29) is 24.1 Å². The highest BCUT2D eigenvalue weighted by Gasteiger charge is 2.37. The van der Waals surface area contributed by atoms with E-state index in [0.29, 0.717) is 19.1 Å². The smallest absolute Gasteiger partial charge is 0.254 e. The second-order valence-electron chi connectivity index (χ2n) is 6.44. The SMILES string of the molecule is O=C(N[C@@H]1CN(C2CCOCC2)C[C@H]1CO)c1cc(F)ccc1F. The standard InChI is InChI=1S/C17H22F2N2O3/c18-12-1-2-15(19)14(7-12)17(23)20-16-9-21(8-11(16)10-22)13-3-5-24-6-4-13/h1-2,7,11,13,16,22H,3-6,8-10H2,(H,20,23)/t11-,16+/m0/s1. The molecule has 1 amide bonds. The summed E-state index contributed by atoms with van der Waals surface area (Å²) < 4.78 is 32.4.